The van der Waals surface area contributed by atoms with Crippen LogP contribution < -0.4 is 5.73 Å². The van der Waals surface area contributed by atoms with Gasteiger partial charge in [-0.05, 0) is 25.7 Å². The molecule has 1 amide bonds. The molecule has 2 unspecified atom stereocenters. The van der Waals surface area contributed by atoms with Crippen LogP contribution in [0.5, 0.6) is 0 Å². The van der Waals surface area contributed by atoms with Crippen LogP contribution in [0.15, 0.2) is 0 Å². The number of rotatable bonds is 5. The average molecular weight is 272 g/mol. The predicted molar refractivity (Wildman–Crippen MR) is 69.6 cm³/mol. The van der Waals surface area contributed by atoms with Crippen molar-refractivity contribution in [2.24, 2.45) is 5.73 Å². The zero-order valence-electron chi connectivity index (χ0n) is 11.3. The van der Waals surface area contributed by atoms with Crippen LogP contribution in [0.2, 0.25) is 0 Å². The number of likely N-dealkylation sites (tertiary alicyclic amines) is 1. The van der Waals surface area contributed by atoms with Gasteiger partial charge in [0.05, 0.1) is 25.4 Å². The topological polar surface area (TPSA) is 85.0 Å². The summed E-state index contributed by atoms with van der Waals surface area (Å²) >= 11 is 0. The summed E-state index contributed by atoms with van der Waals surface area (Å²) in [5.41, 5.74) is 5.55. The van der Waals surface area contributed by atoms with Crippen LogP contribution in [-0.4, -0.2) is 67.1 Å². The number of hydrogen-bond donors (Lipinski definition) is 2. The number of nitrogens with zero attached hydrogens (tertiary/aromatic N) is 1. The van der Waals surface area contributed by atoms with Crippen molar-refractivity contribution in [1.82, 2.24) is 4.90 Å². The summed E-state index contributed by atoms with van der Waals surface area (Å²) in [7, 11) is 0. The van der Waals surface area contributed by atoms with Gasteiger partial charge in [0.2, 0.25) is 0 Å². The molecule has 2 saturated heterocycles. The predicted octanol–water partition coefficient (Wildman–Crippen LogP) is -0.507. The smallest absolute Gasteiger partial charge is 0.251 e. The van der Waals surface area contributed by atoms with Gasteiger partial charge in [-0.3, -0.25) is 4.79 Å². The first-order valence-corrected chi connectivity index (χ1v) is 7.11. The largest absolute Gasteiger partial charge is 0.394 e. The highest BCUT2D eigenvalue weighted by atomic mass is 16.5. The lowest BCUT2D eigenvalue weighted by Crippen LogP contribution is -2.45. The summed E-state index contributed by atoms with van der Waals surface area (Å²) in [5, 5.41) is 8.71. The normalized spacial score (nSPS) is 28.8. The van der Waals surface area contributed by atoms with Crippen LogP contribution in [0.1, 0.15) is 25.7 Å². The average Bonchev–Trinajstić information content (AvgIpc) is 2.94. The Morgan fingerprint density at radius 3 is 2.63 bits per heavy atom. The van der Waals surface area contributed by atoms with Crippen molar-refractivity contribution < 1.29 is 19.4 Å². The molecule has 2 heterocycles. The van der Waals surface area contributed by atoms with E-state index in [9.17, 15) is 4.79 Å². The number of amides is 1. The molecule has 0 aromatic heterocycles. The minimum Gasteiger partial charge on any atom is -0.394 e. The lowest BCUT2D eigenvalue weighted by atomic mass is 10.1. The second kappa shape index (κ2) is 7.19. The molecule has 0 aromatic rings. The number of hydrogen-bond acceptors (Lipinski definition) is 5. The van der Waals surface area contributed by atoms with Crippen LogP contribution in [0.4, 0.5) is 0 Å². The van der Waals surface area contributed by atoms with Gasteiger partial charge < -0.3 is 25.2 Å². The van der Waals surface area contributed by atoms with Crippen LogP contribution in [0.3, 0.4) is 0 Å². The van der Waals surface area contributed by atoms with Gasteiger partial charge in [-0.1, -0.05) is 0 Å². The monoisotopic (exact) mass is 272 g/mol. The van der Waals surface area contributed by atoms with Gasteiger partial charge >= 0.3 is 0 Å². The number of piperidine rings is 1. The van der Waals surface area contributed by atoms with Crippen molar-refractivity contribution in [3.8, 4) is 0 Å². The highest BCUT2D eigenvalue weighted by Gasteiger charge is 2.34. The molecule has 19 heavy (non-hydrogen) atoms. The fourth-order valence-corrected chi connectivity index (χ4v) is 2.73. The molecule has 2 atom stereocenters. The Bertz CT molecular complexity index is 292. The third-order valence-electron chi connectivity index (χ3n) is 3.84. The molecule has 0 saturated carbocycles. The first-order valence-electron chi connectivity index (χ1n) is 7.11. The van der Waals surface area contributed by atoms with Crippen molar-refractivity contribution in [3.05, 3.63) is 0 Å². The molecule has 0 aliphatic carbocycles. The van der Waals surface area contributed by atoms with Gasteiger partial charge in [0.25, 0.3) is 5.91 Å². The number of aliphatic hydroxyl groups excluding tert-OH is 1. The molecule has 2 rings (SSSR count). The van der Waals surface area contributed by atoms with E-state index in [-0.39, 0.29) is 30.8 Å². The van der Waals surface area contributed by atoms with Crippen molar-refractivity contribution in [2.75, 3.05) is 32.8 Å². The third kappa shape index (κ3) is 3.89. The Kier molecular flexibility index (Phi) is 5.57. The molecular weight excluding hydrogens is 248 g/mol. The number of ether oxygens (including phenoxy) is 2. The second-order valence-electron chi connectivity index (χ2n) is 5.18. The molecule has 0 spiro atoms. The number of aliphatic hydroxyl groups is 1. The van der Waals surface area contributed by atoms with E-state index in [2.05, 4.69) is 0 Å². The summed E-state index contributed by atoms with van der Waals surface area (Å²) in [6.07, 6.45) is 3.22. The van der Waals surface area contributed by atoms with Crippen LogP contribution >= 0.6 is 0 Å². The van der Waals surface area contributed by atoms with Gasteiger partial charge in [-0.15, -0.1) is 0 Å². The van der Waals surface area contributed by atoms with Crippen molar-refractivity contribution in [3.63, 3.8) is 0 Å². The molecule has 2 aliphatic rings. The minimum absolute atomic E-state index is 0.0411. The third-order valence-corrected chi connectivity index (χ3v) is 3.84. The van der Waals surface area contributed by atoms with E-state index in [0.717, 1.165) is 25.7 Å². The number of carbonyl (C=O) groups is 1. The molecule has 2 aliphatic heterocycles. The highest BCUT2D eigenvalue weighted by Crippen LogP contribution is 2.23. The molecule has 6 nitrogen and oxygen atoms in total. The maximum atomic E-state index is 12.3. The second-order valence-corrected chi connectivity index (χ2v) is 5.18. The van der Waals surface area contributed by atoms with E-state index in [4.69, 9.17) is 20.3 Å². The van der Waals surface area contributed by atoms with Gasteiger partial charge in [-0.25, -0.2) is 0 Å². The molecule has 0 aromatic carbocycles. The van der Waals surface area contributed by atoms with E-state index in [1.807, 2.05) is 4.90 Å². The van der Waals surface area contributed by atoms with Gasteiger partial charge in [0.1, 0.15) is 6.10 Å². The molecular formula is C13H24N2O4. The Labute approximate surface area is 113 Å². The quantitative estimate of drug-likeness (QED) is 0.704. The zero-order valence-corrected chi connectivity index (χ0v) is 11.3. The summed E-state index contributed by atoms with van der Waals surface area (Å²) in [6, 6.07) is 0. The summed E-state index contributed by atoms with van der Waals surface area (Å²) in [6.45, 7) is 2.34. The summed E-state index contributed by atoms with van der Waals surface area (Å²) < 4.78 is 11.1. The van der Waals surface area contributed by atoms with Crippen LogP contribution in [-0.2, 0) is 14.3 Å². The maximum absolute atomic E-state index is 12.3. The molecule has 6 heteroatoms. The highest BCUT2D eigenvalue weighted by molar-refractivity contribution is 5.81. The SMILES string of the molecule is NCC1CCC(C(=O)N2CCC(OCCO)CC2)O1. The van der Waals surface area contributed by atoms with E-state index >= 15 is 0 Å². The first kappa shape index (κ1) is 14.7. The van der Waals surface area contributed by atoms with Crippen LogP contribution in [0.25, 0.3) is 0 Å². The fourth-order valence-electron chi connectivity index (χ4n) is 2.73. The maximum Gasteiger partial charge on any atom is 0.251 e. The molecule has 0 bridgehead atoms. The molecule has 2 fully saturated rings. The minimum atomic E-state index is -0.302. The van der Waals surface area contributed by atoms with E-state index < -0.39 is 0 Å². The van der Waals surface area contributed by atoms with E-state index in [1.165, 1.54) is 0 Å². The van der Waals surface area contributed by atoms with Gasteiger partial charge in [0.15, 0.2) is 0 Å². The molecule has 110 valence electrons. The lowest BCUT2D eigenvalue weighted by Gasteiger charge is -2.33. The fraction of sp³-hybridized carbons (Fsp3) is 0.923. The van der Waals surface area contributed by atoms with Crippen molar-refractivity contribution >= 4 is 5.91 Å². The van der Waals surface area contributed by atoms with Crippen LogP contribution in [0, 0.1) is 0 Å². The Morgan fingerprint density at radius 1 is 1.32 bits per heavy atom. The van der Waals surface area contributed by atoms with E-state index in [1.54, 1.807) is 0 Å². The summed E-state index contributed by atoms with van der Waals surface area (Å²) in [5.74, 6) is 0.0940. The number of nitrogens with two attached hydrogens (primary N) is 1. The van der Waals surface area contributed by atoms with Gasteiger partial charge in [0, 0.05) is 19.6 Å². The first-order chi connectivity index (χ1) is 9.24. The van der Waals surface area contributed by atoms with Crippen molar-refractivity contribution in [2.45, 2.75) is 44.0 Å². The lowest BCUT2D eigenvalue weighted by molar-refractivity contribution is -0.145. The van der Waals surface area contributed by atoms with Gasteiger partial charge in [-0.2, -0.15) is 0 Å². The Balaban J connectivity index is 1.73. The zero-order chi connectivity index (χ0) is 13.7. The molecule has 0 radical (unpaired) electrons. The Morgan fingerprint density at radius 2 is 2.05 bits per heavy atom. The van der Waals surface area contributed by atoms with Crippen molar-refractivity contribution in [1.29, 1.82) is 0 Å². The standard InChI is InChI=1S/C13H24N2O4/c14-9-11-1-2-12(19-11)13(17)15-5-3-10(4-6-15)18-8-7-16/h10-12,16H,1-9,14H2. The number of carbonyl (C=O) groups excluding carboxylic acids is 1. The van der Waals surface area contributed by atoms with E-state index in [0.29, 0.717) is 26.2 Å². The summed E-state index contributed by atoms with van der Waals surface area (Å²) in [4.78, 5) is 14.1. The Hall–Kier alpha value is -0.690. The molecule has 3 N–H and O–H groups in total.